The lowest BCUT2D eigenvalue weighted by Gasteiger charge is -2.16. The van der Waals surface area contributed by atoms with Crippen LogP contribution >= 0.6 is 0 Å². The normalized spacial score (nSPS) is 17.4. The van der Waals surface area contributed by atoms with Gasteiger partial charge in [0, 0.05) is 12.1 Å². The van der Waals surface area contributed by atoms with Gasteiger partial charge in [0.05, 0.1) is 12.9 Å². The summed E-state index contributed by atoms with van der Waals surface area (Å²) in [6.07, 6.45) is 10.0. The van der Waals surface area contributed by atoms with Crippen molar-refractivity contribution in [2.45, 2.75) is 76.5 Å². The van der Waals surface area contributed by atoms with Crippen molar-refractivity contribution in [3.63, 3.8) is 0 Å². The largest absolute Gasteiger partial charge is 0.352 e. The van der Waals surface area contributed by atoms with Crippen LogP contribution in [0.4, 0.5) is 0 Å². The topological polar surface area (TPSA) is 90.9 Å². The predicted molar refractivity (Wildman–Crippen MR) is 122 cm³/mol. The summed E-state index contributed by atoms with van der Waals surface area (Å²) in [5, 5.41) is 2.99. The zero-order valence-electron chi connectivity index (χ0n) is 18.2. The van der Waals surface area contributed by atoms with Crippen LogP contribution in [0.1, 0.15) is 63.0 Å². The van der Waals surface area contributed by atoms with Gasteiger partial charge in [0.25, 0.3) is 5.56 Å². The molecule has 0 bridgehead atoms. The predicted octanol–water partition coefficient (Wildman–Crippen LogP) is 2.58. The number of amides is 1. The molecule has 3 aromatic rings. The van der Waals surface area contributed by atoms with Gasteiger partial charge in [-0.3, -0.25) is 14.2 Å². The first-order valence-electron chi connectivity index (χ1n) is 11.7. The van der Waals surface area contributed by atoms with E-state index in [1.54, 1.807) is 6.33 Å². The van der Waals surface area contributed by atoms with Crippen LogP contribution in [-0.2, 0) is 17.9 Å². The van der Waals surface area contributed by atoms with Crippen molar-refractivity contribution < 1.29 is 4.79 Å². The molecule has 0 atom stereocenters. The highest BCUT2D eigenvalue weighted by Gasteiger charge is 2.25. The fourth-order valence-electron chi connectivity index (χ4n) is 5.20. The van der Waals surface area contributed by atoms with E-state index in [1.807, 2.05) is 34.9 Å². The second kappa shape index (κ2) is 8.76. The Kier molecular flexibility index (Phi) is 5.68. The van der Waals surface area contributed by atoms with Gasteiger partial charge in [0.15, 0.2) is 11.2 Å². The minimum absolute atomic E-state index is 0.137. The molecule has 8 nitrogen and oxygen atoms in total. The summed E-state index contributed by atoms with van der Waals surface area (Å²) in [6.45, 7) is 0.0249. The van der Waals surface area contributed by atoms with Gasteiger partial charge in [-0.2, -0.15) is 0 Å². The summed E-state index contributed by atoms with van der Waals surface area (Å²) >= 11 is 0. The molecule has 2 heterocycles. The third-order valence-electron chi connectivity index (χ3n) is 6.86. The summed E-state index contributed by atoms with van der Waals surface area (Å²) in [6, 6.07) is 9.97. The van der Waals surface area contributed by atoms with Gasteiger partial charge in [-0.25, -0.2) is 14.3 Å². The first kappa shape index (κ1) is 20.7. The second-order valence-electron chi connectivity index (χ2n) is 9.06. The van der Waals surface area contributed by atoms with Crippen molar-refractivity contribution >= 4 is 17.1 Å². The Labute approximate surface area is 185 Å². The van der Waals surface area contributed by atoms with Gasteiger partial charge in [-0.05, 0) is 31.2 Å². The number of hydrogen-bond donors (Lipinski definition) is 1. The second-order valence-corrected chi connectivity index (χ2v) is 9.06. The number of fused-ring (bicyclic) bond motifs is 1. The summed E-state index contributed by atoms with van der Waals surface area (Å²) in [5.41, 5.74) is 0.820. The van der Waals surface area contributed by atoms with Gasteiger partial charge in [0.2, 0.25) is 5.91 Å². The van der Waals surface area contributed by atoms with E-state index >= 15 is 0 Å². The average Bonchev–Trinajstić information content (AvgIpc) is 3.56. The molecule has 0 aliphatic heterocycles. The standard InChI is InChI=1S/C24H29N5O3/c30-20(26-18-10-4-5-11-18)15-28-23(31)21-22(25-16-29(21)19-12-6-7-13-19)27(24(28)32)14-17-8-2-1-3-9-17/h1-3,8-9,16,18-19H,4-7,10-15H2,(H,26,30). The molecular formula is C24H29N5O3. The van der Waals surface area contributed by atoms with Crippen molar-refractivity contribution in [1.29, 1.82) is 0 Å². The van der Waals surface area contributed by atoms with E-state index in [4.69, 9.17) is 0 Å². The molecule has 2 aliphatic rings. The molecule has 2 aliphatic carbocycles. The maximum Gasteiger partial charge on any atom is 0.333 e. The highest BCUT2D eigenvalue weighted by atomic mass is 16.2. The number of benzene rings is 1. The van der Waals surface area contributed by atoms with Crippen LogP contribution in [-0.4, -0.2) is 30.6 Å². The van der Waals surface area contributed by atoms with Crippen molar-refractivity contribution in [1.82, 2.24) is 24.0 Å². The molecule has 8 heteroatoms. The lowest BCUT2D eigenvalue weighted by Crippen LogP contribution is -2.45. The number of rotatable bonds is 6. The summed E-state index contributed by atoms with van der Waals surface area (Å²) in [5.74, 6) is -0.284. The lowest BCUT2D eigenvalue weighted by molar-refractivity contribution is -0.122. The fraction of sp³-hybridized carbons (Fsp3) is 0.500. The van der Waals surface area contributed by atoms with E-state index in [0.717, 1.165) is 61.5 Å². The van der Waals surface area contributed by atoms with E-state index in [-0.39, 0.29) is 24.5 Å². The summed E-state index contributed by atoms with van der Waals surface area (Å²) in [7, 11) is 0. The lowest BCUT2D eigenvalue weighted by atomic mass is 10.2. The molecule has 168 valence electrons. The van der Waals surface area contributed by atoms with Crippen molar-refractivity contribution in [3.8, 4) is 0 Å². The average molecular weight is 436 g/mol. The number of imidazole rings is 1. The van der Waals surface area contributed by atoms with Crippen molar-refractivity contribution in [2.75, 3.05) is 0 Å². The number of aromatic nitrogens is 4. The number of carbonyl (C=O) groups is 1. The first-order valence-corrected chi connectivity index (χ1v) is 11.7. The van der Waals surface area contributed by atoms with E-state index in [0.29, 0.717) is 17.7 Å². The van der Waals surface area contributed by atoms with Crippen LogP contribution in [0.15, 0.2) is 46.2 Å². The SMILES string of the molecule is O=C(Cn1c(=O)c2c(ncn2C2CCCC2)n(Cc2ccccc2)c1=O)NC1CCCC1. The van der Waals surface area contributed by atoms with Crippen LogP contribution in [0.5, 0.6) is 0 Å². The quantitative estimate of drug-likeness (QED) is 0.644. The summed E-state index contributed by atoms with van der Waals surface area (Å²) in [4.78, 5) is 44.1. The Morgan fingerprint density at radius 2 is 1.66 bits per heavy atom. The number of nitrogens with one attached hydrogen (secondary N) is 1. The van der Waals surface area contributed by atoms with Gasteiger partial charge < -0.3 is 9.88 Å². The van der Waals surface area contributed by atoms with E-state index in [2.05, 4.69) is 10.3 Å². The molecule has 2 saturated carbocycles. The highest BCUT2D eigenvalue weighted by Crippen LogP contribution is 2.31. The minimum atomic E-state index is -0.496. The molecule has 1 amide bonds. The van der Waals surface area contributed by atoms with E-state index < -0.39 is 11.2 Å². The fourth-order valence-corrected chi connectivity index (χ4v) is 5.20. The van der Waals surface area contributed by atoms with Gasteiger partial charge in [-0.15, -0.1) is 0 Å². The Bertz CT molecular complexity index is 1230. The van der Waals surface area contributed by atoms with Crippen LogP contribution in [0.3, 0.4) is 0 Å². The molecule has 0 unspecified atom stereocenters. The Hall–Kier alpha value is -3.16. The Balaban J connectivity index is 1.59. The molecule has 5 rings (SSSR count). The molecule has 0 saturated heterocycles. The third kappa shape index (κ3) is 3.89. The smallest absolute Gasteiger partial charge is 0.333 e. The van der Waals surface area contributed by atoms with Crippen LogP contribution < -0.4 is 16.6 Å². The number of hydrogen-bond acceptors (Lipinski definition) is 4. The first-order chi connectivity index (χ1) is 15.6. The van der Waals surface area contributed by atoms with Crippen LogP contribution in [0, 0.1) is 0 Å². The molecule has 0 radical (unpaired) electrons. The number of carbonyl (C=O) groups excluding carboxylic acids is 1. The van der Waals surface area contributed by atoms with Crippen molar-refractivity contribution in [3.05, 3.63) is 63.1 Å². The minimum Gasteiger partial charge on any atom is -0.352 e. The van der Waals surface area contributed by atoms with E-state index in [1.165, 1.54) is 4.57 Å². The molecule has 2 fully saturated rings. The Morgan fingerprint density at radius 3 is 2.38 bits per heavy atom. The van der Waals surface area contributed by atoms with E-state index in [9.17, 15) is 14.4 Å². The van der Waals surface area contributed by atoms with Gasteiger partial charge >= 0.3 is 5.69 Å². The molecule has 1 aromatic carbocycles. The van der Waals surface area contributed by atoms with Crippen molar-refractivity contribution in [2.24, 2.45) is 0 Å². The highest BCUT2D eigenvalue weighted by molar-refractivity contribution is 5.77. The maximum absolute atomic E-state index is 13.5. The van der Waals surface area contributed by atoms with Crippen LogP contribution in [0.25, 0.3) is 11.2 Å². The Morgan fingerprint density at radius 1 is 0.969 bits per heavy atom. The third-order valence-corrected chi connectivity index (χ3v) is 6.86. The van der Waals surface area contributed by atoms with Gasteiger partial charge in [0.1, 0.15) is 6.54 Å². The van der Waals surface area contributed by atoms with Gasteiger partial charge in [-0.1, -0.05) is 56.0 Å². The molecule has 0 spiro atoms. The monoisotopic (exact) mass is 435 g/mol. The molecule has 2 aromatic heterocycles. The zero-order valence-corrected chi connectivity index (χ0v) is 18.2. The zero-order chi connectivity index (χ0) is 22.1. The number of nitrogens with zero attached hydrogens (tertiary/aromatic N) is 4. The van der Waals surface area contributed by atoms with Crippen LogP contribution in [0.2, 0.25) is 0 Å². The molecule has 1 N–H and O–H groups in total. The molecular weight excluding hydrogens is 406 g/mol. The molecule has 32 heavy (non-hydrogen) atoms. The summed E-state index contributed by atoms with van der Waals surface area (Å²) < 4.78 is 4.54. The maximum atomic E-state index is 13.5.